The number of nitrogens with two attached hydrogens (primary N) is 1. The van der Waals surface area contributed by atoms with E-state index in [0.717, 1.165) is 13.2 Å². The van der Waals surface area contributed by atoms with Crippen LogP contribution in [0.4, 0.5) is 0 Å². The second-order valence-electron chi connectivity index (χ2n) is 1.32. The molecule has 1 fully saturated rings. The van der Waals surface area contributed by atoms with Crippen molar-refractivity contribution in [2.45, 2.75) is 12.8 Å². The average Bonchev–Trinajstić information content (AvgIpc) is 1.76. The Bertz CT molecular complexity index is 23.3. The Balaban J connectivity index is 0. The minimum Gasteiger partial charge on any atom is -0.693 e. The molecule has 0 bridgehead atoms. The van der Waals surface area contributed by atoms with E-state index >= 15 is 0 Å². The predicted octanol–water partition coefficient (Wildman–Crippen LogP) is -1.48. The van der Waals surface area contributed by atoms with E-state index in [4.69, 9.17) is 4.74 Å². The van der Waals surface area contributed by atoms with Gasteiger partial charge in [-0.1, -0.05) is 0 Å². The van der Waals surface area contributed by atoms with Gasteiger partial charge in [0.1, 0.15) is 0 Å². The van der Waals surface area contributed by atoms with Crippen LogP contribution in [-0.2, 0) is 4.74 Å². The van der Waals surface area contributed by atoms with E-state index in [2.05, 4.69) is 0 Å². The molecule has 2 N–H and O–H groups in total. The van der Waals surface area contributed by atoms with E-state index in [1.54, 1.807) is 0 Å². The van der Waals surface area contributed by atoms with Gasteiger partial charge in [0.25, 0.3) is 0 Å². The molecule has 1 rings (SSSR count). The molecule has 0 atom stereocenters. The van der Waals surface area contributed by atoms with Gasteiger partial charge in [0.2, 0.25) is 0 Å². The second-order valence-corrected chi connectivity index (χ2v) is 1.32. The van der Waals surface area contributed by atoms with Crippen molar-refractivity contribution in [3.63, 3.8) is 0 Å². The van der Waals surface area contributed by atoms with Crippen molar-refractivity contribution in [1.29, 1.82) is 0 Å². The average molecular weight is 111 g/mol. The van der Waals surface area contributed by atoms with Crippen molar-refractivity contribution in [2.75, 3.05) is 13.2 Å². The maximum absolute atomic E-state index is 4.94. The fraction of sp³-hybridized carbons (Fsp3) is 1.00. The van der Waals surface area contributed by atoms with Crippen molar-refractivity contribution < 1.29 is 34.3 Å². The predicted molar refractivity (Wildman–Crippen MR) is 25.3 cm³/mol. The largest absolute Gasteiger partial charge is 1.00 e. The first-order valence-corrected chi connectivity index (χ1v) is 2.08. The number of hydrogen-bond donors (Lipinski definition) is 0. The van der Waals surface area contributed by atoms with Crippen LogP contribution in [0.15, 0.2) is 0 Å². The van der Waals surface area contributed by atoms with Crippen LogP contribution in [0.5, 0.6) is 0 Å². The first-order chi connectivity index (χ1) is 2.50. The molecule has 0 unspecified atom stereocenters. The van der Waals surface area contributed by atoms with E-state index in [1.807, 2.05) is 0 Å². The third-order valence-electron chi connectivity index (χ3n) is 0.827. The van der Waals surface area contributed by atoms with E-state index in [0.29, 0.717) is 0 Å². The minimum absolute atomic E-state index is 0. The maximum atomic E-state index is 4.94. The summed E-state index contributed by atoms with van der Waals surface area (Å²) >= 11 is 0. The van der Waals surface area contributed by atoms with Crippen molar-refractivity contribution >= 4 is 0 Å². The summed E-state index contributed by atoms with van der Waals surface area (Å²) in [7, 11) is 0. The molecule has 0 aromatic rings. The van der Waals surface area contributed by atoms with Gasteiger partial charge in [-0.05, 0) is 12.8 Å². The molecule has 0 aromatic heterocycles. The maximum Gasteiger partial charge on any atom is 1.00 e. The van der Waals surface area contributed by atoms with Gasteiger partial charge >= 0.3 is 29.6 Å². The second kappa shape index (κ2) is 6.92. The van der Waals surface area contributed by atoms with Gasteiger partial charge in [0.15, 0.2) is 0 Å². The van der Waals surface area contributed by atoms with Gasteiger partial charge in [0, 0.05) is 13.2 Å². The summed E-state index contributed by atoms with van der Waals surface area (Å²) in [5, 5.41) is 0. The Morgan fingerprint density at radius 1 is 1.00 bits per heavy atom. The van der Waals surface area contributed by atoms with Gasteiger partial charge in [-0.3, -0.25) is 0 Å². The normalized spacial score (nSPS) is 17.1. The smallest absolute Gasteiger partial charge is 0.693 e. The molecule has 2 nitrogen and oxygen atoms in total. The summed E-state index contributed by atoms with van der Waals surface area (Å²) in [6.07, 6.45) is 2.56. The first kappa shape index (κ1) is 10.8. The summed E-state index contributed by atoms with van der Waals surface area (Å²) in [5.74, 6) is 0. The van der Waals surface area contributed by atoms with E-state index < -0.39 is 0 Å². The third kappa shape index (κ3) is 4.78. The Morgan fingerprint density at radius 3 is 1.57 bits per heavy atom. The third-order valence-corrected chi connectivity index (χ3v) is 0.827. The van der Waals surface area contributed by atoms with Gasteiger partial charge in [0.05, 0.1) is 0 Å². The minimum atomic E-state index is 0. The van der Waals surface area contributed by atoms with Gasteiger partial charge in [-0.25, -0.2) is 0 Å². The monoisotopic (exact) mass is 111 g/mol. The number of rotatable bonds is 0. The summed E-state index contributed by atoms with van der Waals surface area (Å²) in [6, 6.07) is 0. The molecule has 0 amide bonds. The Hall–Kier alpha value is 0.920. The quantitative estimate of drug-likeness (QED) is 0.351. The molecule has 1 heterocycles. The van der Waals surface area contributed by atoms with Crippen LogP contribution in [0.1, 0.15) is 12.8 Å². The van der Waals surface area contributed by atoms with Crippen LogP contribution in [0.25, 0.3) is 6.15 Å². The zero-order chi connectivity index (χ0) is 3.54. The SMILES string of the molecule is C1CCOC1.[NH2-].[Na+]. The van der Waals surface area contributed by atoms with Crippen molar-refractivity contribution in [2.24, 2.45) is 0 Å². The fourth-order valence-electron chi connectivity index (χ4n) is 0.510. The van der Waals surface area contributed by atoms with Crippen molar-refractivity contribution in [3.8, 4) is 0 Å². The van der Waals surface area contributed by atoms with Gasteiger partial charge in [-0.15, -0.1) is 0 Å². The summed E-state index contributed by atoms with van der Waals surface area (Å²) < 4.78 is 4.94. The fourth-order valence-corrected chi connectivity index (χ4v) is 0.510. The van der Waals surface area contributed by atoms with Crippen LogP contribution in [0.2, 0.25) is 0 Å². The van der Waals surface area contributed by atoms with E-state index in [-0.39, 0.29) is 35.7 Å². The topological polar surface area (TPSA) is 42.7 Å². The summed E-state index contributed by atoms with van der Waals surface area (Å²) in [5.41, 5.74) is 0. The molecule has 38 valence electrons. The first-order valence-electron chi connectivity index (χ1n) is 2.08. The molecule has 0 aliphatic carbocycles. The zero-order valence-corrected chi connectivity index (χ0v) is 6.81. The van der Waals surface area contributed by atoms with Gasteiger partial charge in [-0.2, -0.15) is 0 Å². The van der Waals surface area contributed by atoms with E-state index in [1.165, 1.54) is 12.8 Å². The Labute approximate surface area is 66.5 Å². The van der Waals surface area contributed by atoms with Crippen molar-refractivity contribution in [1.82, 2.24) is 0 Å². The molecule has 7 heavy (non-hydrogen) atoms. The van der Waals surface area contributed by atoms with Crippen molar-refractivity contribution in [3.05, 3.63) is 6.15 Å². The van der Waals surface area contributed by atoms with Crippen LogP contribution >= 0.6 is 0 Å². The molecule has 1 aliphatic rings. The number of ether oxygens (including phenoxy) is 1. The van der Waals surface area contributed by atoms with Crippen LogP contribution in [0, 0.1) is 0 Å². The summed E-state index contributed by atoms with van der Waals surface area (Å²) in [4.78, 5) is 0. The van der Waals surface area contributed by atoms with Crippen LogP contribution in [-0.4, -0.2) is 13.2 Å². The number of hydrogen-bond acceptors (Lipinski definition) is 1. The Morgan fingerprint density at radius 2 is 1.43 bits per heavy atom. The molecule has 0 aromatic carbocycles. The molecule has 1 saturated heterocycles. The molecule has 1 aliphatic heterocycles. The van der Waals surface area contributed by atoms with Crippen LogP contribution < -0.4 is 29.6 Å². The van der Waals surface area contributed by atoms with Gasteiger partial charge < -0.3 is 10.9 Å². The molecule has 0 saturated carbocycles. The van der Waals surface area contributed by atoms with Crippen LogP contribution in [0.3, 0.4) is 0 Å². The molecular formula is C4H10NNaO. The standard InChI is InChI=1S/C4H8O.H2N.Na/c1-2-4-5-3-1;;/h1-4H2;1H2;/q;-1;+1. The Kier molecular flexibility index (Phi) is 10.7. The molecule has 3 heteroatoms. The molecule has 0 spiro atoms. The van der Waals surface area contributed by atoms with E-state index in [9.17, 15) is 0 Å². The molecule has 0 radical (unpaired) electrons. The summed E-state index contributed by atoms with van der Waals surface area (Å²) in [6.45, 7) is 2.00. The molecular weight excluding hydrogens is 101 g/mol. The zero-order valence-electron chi connectivity index (χ0n) is 4.81.